The van der Waals surface area contributed by atoms with Gasteiger partial charge in [-0.15, -0.1) is 0 Å². The van der Waals surface area contributed by atoms with Crippen LogP contribution >= 0.6 is 0 Å². The molecule has 2 heteroatoms. The highest BCUT2D eigenvalue weighted by molar-refractivity contribution is 5.89. The van der Waals surface area contributed by atoms with Crippen molar-refractivity contribution in [1.82, 2.24) is 0 Å². The van der Waals surface area contributed by atoms with Gasteiger partial charge in [0.1, 0.15) is 0 Å². The summed E-state index contributed by atoms with van der Waals surface area (Å²) in [6.07, 6.45) is 18.2. The zero-order valence-corrected chi connectivity index (χ0v) is 12.3. The molecule has 0 amide bonds. The molecule has 0 saturated heterocycles. The van der Waals surface area contributed by atoms with Crippen molar-refractivity contribution in [3.63, 3.8) is 0 Å². The highest BCUT2D eigenvalue weighted by atomic mass is 16.3. The van der Waals surface area contributed by atoms with Gasteiger partial charge in [-0.1, -0.05) is 42.5 Å². The standard InChI is InChI=1S/C17H26O2/c1-4-5-6-7-8-9-10-11-12-13-16(18)14-15-17(2,3)19/h4-9,12-13,19H,10-11,14-15H2,1-3H3/b5-4+,7-6+,9-8-,13-12+. The average molecular weight is 262 g/mol. The first-order chi connectivity index (χ1) is 8.95. The van der Waals surface area contributed by atoms with Gasteiger partial charge in [-0.25, -0.2) is 0 Å². The minimum atomic E-state index is -0.758. The Bertz CT molecular complexity index is 352. The Hall–Kier alpha value is -1.41. The second-order valence-corrected chi connectivity index (χ2v) is 5.10. The lowest BCUT2D eigenvalue weighted by Gasteiger charge is -2.15. The van der Waals surface area contributed by atoms with Crippen LogP contribution in [0.25, 0.3) is 0 Å². The maximum Gasteiger partial charge on any atom is 0.155 e. The van der Waals surface area contributed by atoms with E-state index in [-0.39, 0.29) is 5.78 Å². The molecule has 19 heavy (non-hydrogen) atoms. The van der Waals surface area contributed by atoms with Gasteiger partial charge in [0.05, 0.1) is 5.60 Å². The van der Waals surface area contributed by atoms with Crippen molar-refractivity contribution in [2.24, 2.45) is 0 Å². The normalized spacial score (nSPS) is 13.5. The van der Waals surface area contributed by atoms with Crippen LogP contribution in [0.1, 0.15) is 46.5 Å². The number of hydrogen-bond acceptors (Lipinski definition) is 2. The maximum absolute atomic E-state index is 11.5. The minimum Gasteiger partial charge on any atom is -0.390 e. The van der Waals surface area contributed by atoms with Gasteiger partial charge in [0.2, 0.25) is 0 Å². The number of carbonyl (C=O) groups is 1. The molecule has 0 radical (unpaired) electrons. The van der Waals surface area contributed by atoms with E-state index in [4.69, 9.17) is 0 Å². The van der Waals surface area contributed by atoms with Crippen molar-refractivity contribution in [3.05, 3.63) is 48.6 Å². The summed E-state index contributed by atoms with van der Waals surface area (Å²) < 4.78 is 0. The van der Waals surface area contributed by atoms with Crippen LogP contribution in [0.3, 0.4) is 0 Å². The number of allylic oxidation sites excluding steroid dienone is 8. The molecule has 0 aliphatic carbocycles. The molecule has 0 aliphatic heterocycles. The molecule has 0 spiro atoms. The zero-order chi connectivity index (χ0) is 14.6. The van der Waals surface area contributed by atoms with Crippen LogP contribution in [0.5, 0.6) is 0 Å². The number of carbonyl (C=O) groups excluding carboxylic acids is 1. The molecule has 2 nitrogen and oxygen atoms in total. The minimum absolute atomic E-state index is 0.0825. The first-order valence-corrected chi connectivity index (χ1v) is 6.82. The highest BCUT2D eigenvalue weighted by Crippen LogP contribution is 2.10. The summed E-state index contributed by atoms with van der Waals surface area (Å²) in [5.41, 5.74) is -0.758. The Morgan fingerprint density at radius 2 is 1.68 bits per heavy atom. The molecule has 0 rings (SSSR count). The van der Waals surface area contributed by atoms with E-state index in [1.54, 1.807) is 19.9 Å². The van der Waals surface area contributed by atoms with Crippen molar-refractivity contribution in [1.29, 1.82) is 0 Å². The third-order valence-corrected chi connectivity index (χ3v) is 2.45. The second kappa shape index (κ2) is 10.5. The first-order valence-electron chi connectivity index (χ1n) is 6.82. The Kier molecular flexibility index (Phi) is 9.73. The quantitative estimate of drug-likeness (QED) is 0.385. The Morgan fingerprint density at radius 1 is 1.05 bits per heavy atom. The van der Waals surface area contributed by atoms with E-state index >= 15 is 0 Å². The third-order valence-electron chi connectivity index (χ3n) is 2.45. The van der Waals surface area contributed by atoms with Crippen LogP contribution in [0.15, 0.2) is 48.6 Å². The van der Waals surface area contributed by atoms with Gasteiger partial charge in [0.15, 0.2) is 5.78 Å². The van der Waals surface area contributed by atoms with Crippen LogP contribution in [-0.4, -0.2) is 16.5 Å². The first kappa shape index (κ1) is 17.6. The molecule has 1 N–H and O–H groups in total. The van der Waals surface area contributed by atoms with Crippen molar-refractivity contribution in [2.45, 2.75) is 52.1 Å². The van der Waals surface area contributed by atoms with E-state index in [0.717, 1.165) is 12.8 Å². The van der Waals surface area contributed by atoms with Gasteiger partial charge in [-0.05, 0) is 46.1 Å². The topological polar surface area (TPSA) is 37.3 Å². The molecule has 0 aromatic carbocycles. The molecule has 0 aromatic heterocycles. The fraction of sp³-hybridized carbons (Fsp3) is 0.471. The summed E-state index contributed by atoms with van der Waals surface area (Å²) >= 11 is 0. The maximum atomic E-state index is 11.5. The molecule has 0 unspecified atom stereocenters. The van der Waals surface area contributed by atoms with Crippen molar-refractivity contribution >= 4 is 5.78 Å². The molecular formula is C17H26O2. The van der Waals surface area contributed by atoms with E-state index in [0.29, 0.717) is 12.8 Å². The van der Waals surface area contributed by atoms with Crippen LogP contribution in [0.2, 0.25) is 0 Å². The van der Waals surface area contributed by atoms with Gasteiger partial charge in [-0.2, -0.15) is 0 Å². The molecule has 106 valence electrons. The Labute approximate surface area is 117 Å². The Balaban J connectivity index is 3.71. The molecule has 0 heterocycles. The summed E-state index contributed by atoms with van der Waals surface area (Å²) in [4.78, 5) is 11.5. The largest absolute Gasteiger partial charge is 0.390 e. The van der Waals surface area contributed by atoms with Gasteiger partial charge in [0, 0.05) is 6.42 Å². The van der Waals surface area contributed by atoms with Gasteiger partial charge in [-0.3, -0.25) is 4.79 Å². The number of ketones is 1. The van der Waals surface area contributed by atoms with E-state index < -0.39 is 5.60 Å². The molecule has 0 atom stereocenters. The monoisotopic (exact) mass is 262 g/mol. The SMILES string of the molecule is C/C=C/C=C/C=C\CC/C=C/C(=O)CCC(C)(C)O. The van der Waals surface area contributed by atoms with Crippen molar-refractivity contribution < 1.29 is 9.90 Å². The summed E-state index contributed by atoms with van der Waals surface area (Å²) in [6, 6.07) is 0. The third kappa shape index (κ3) is 14.5. The Morgan fingerprint density at radius 3 is 2.32 bits per heavy atom. The molecule has 0 fully saturated rings. The van der Waals surface area contributed by atoms with Crippen molar-refractivity contribution in [3.8, 4) is 0 Å². The van der Waals surface area contributed by atoms with E-state index in [1.807, 2.05) is 43.4 Å². The smallest absolute Gasteiger partial charge is 0.155 e. The predicted octanol–water partition coefficient (Wildman–Crippen LogP) is 4.13. The van der Waals surface area contributed by atoms with Crippen LogP contribution in [0.4, 0.5) is 0 Å². The average Bonchev–Trinajstić information content (AvgIpc) is 2.33. The molecule has 0 bridgehead atoms. The number of rotatable bonds is 9. The van der Waals surface area contributed by atoms with Gasteiger partial charge < -0.3 is 5.11 Å². The van der Waals surface area contributed by atoms with Crippen LogP contribution < -0.4 is 0 Å². The number of aliphatic hydroxyl groups is 1. The lowest BCUT2D eigenvalue weighted by molar-refractivity contribution is -0.115. The van der Waals surface area contributed by atoms with E-state index in [1.165, 1.54) is 0 Å². The molecule has 0 aromatic rings. The second-order valence-electron chi connectivity index (χ2n) is 5.10. The summed E-state index contributed by atoms with van der Waals surface area (Å²) in [7, 11) is 0. The molecular weight excluding hydrogens is 236 g/mol. The van der Waals surface area contributed by atoms with Gasteiger partial charge in [0.25, 0.3) is 0 Å². The summed E-state index contributed by atoms with van der Waals surface area (Å²) in [5.74, 6) is 0.0825. The highest BCUT2D eigenvalue weighted by Gasteiger charge is 2.13. The van der Waals surface area contributed by atoms with E-state index in [2.05, 4.69) is 6.08 Å². The fourth-order valence-electron chi connectivity index (χ4n) is 1.33. The molecule has 0 aliphatic rings. The number of unbranched alkanes of at least 4 members (excludes halogenated alkanes) is 1. The number of hydrogen-bond donors (Lipinski definition) is 1. The van der Waals surface area contributed by atoms with E-state index in [9.17, 15) is 9.90 Å². The lowest BCUT2D eigenvalue weighted by Crippen LogP contribution is -2.19. The van der Waals surface area contributed by atoms with Crippen LogP contribution in [0, 0.1) is 0 Å². The fourth-order valence-corrected chi connectivity index (χ4v) is 1.33. The molecule has 0 saturated carbocycles. The van der Waals surface area contributed by atoms with Gasteiger partial charge >= 0.3 is 0 Å². The lowest BCUT2D eigenvalue weighted by atomic mass is 10.0. The van der Waals surface area contributed by atoms with Crippen LogP contribution in [-0.2, 0) is 4.79 Å². The predicted molar refractivity (Wildman–Crippen MR) is 82.0 cm³/mol. The summed E-state index contributed by atoms with van der Waals surface area (Å²) in [6.45, 7) is 5.42. The van der Waals surface area contributed by atoms with Crippen molar-refractivity contribution in [2.75, 3.05) is 0 Å². The zero-order valence-electron chi connectivity index (χ0n) is 12.3. The summed E-state index contributed by atoms with van der Waals surface area (Å²) in [5, 5.41) is 9.50.